The number of aromatic amines is 1. The normalized spacial score (nSPS) is 17.5. The number of Topliss-reactive ketones (excluding diaryl/α,β-unsaturated/α-hetero) is 1. The van der Waals surface area contributed by atoms with Gasteiger partial charge in [0.2, 0.25) is 5.91 Å². The maximum absolute atomic E-state index is 12.4. The summed E-state index contributed by atoms with van der Waals surface area (Å²) >= 11 is 0. The molecule has 0 unspecified atom stereocenters. The Kier molecular flexibility index (Phi) is 4.50. The Morgan fingerprint density at radius 2 is 2.12 bits per heavy atom. The molecule has 0 saturated heterocycles. The zero-order valence-electron chi connectivity index (χ0n) is 14.3. The molecular weight excluding hydrogens is 328 g/mol. The first-order valence-electron chi connectivity index (χ1n) is 8.75. The third-order valence-electron chi connectivity index (χ3n) is 4.69. The van der Waals surface area contributed by atoms with Crippen LogP contribution < -0.4 is 10.6 Å². The number of carbonyl (C=O) groups excluding carboxylic acids is 2. The Morgan fingerprint density at radius 3 is 2.96 bits per heavy atom. The van der Waals surface area contributed by atoms with Gasteiger partial charge in [0.1, 0.15) is 0 Å². The largest absolute Gasteiger partial charge is 0.357 e. The number of hydrogen-bond donors (Lipinski definition) is 3. The predicted molar refractivity (Wildman–Crippen MR) is 99.2 cm³/mol. The number of aromatic nitrogens is 2. The molecule has 0 bridgehead atoms. The molecular formula is C20H20N4O2. The van der Waals surface area contributed by atoms with Crippen molar-refractivity contribution in [2.45, 2.75) is 25.9 Å². The summed E-state index contributed by atoms with van der Waals surface area (Å²) in [5, 5.41) is 6.25. The maximum atomic E-state index is 12.4. The Morgan fingerprint density at radius 1 is 1.27 bits per heavy atom. The third kappa shape index (κ3) is 3.23. The highest BCUT2D eigenvalue weighted by Crippen LogP contribution is 2.33. The highest BCUT2D eigenvalue weighted by atomic mass is 16.1. The zero-order valence-corrected chi connectivity index (χ0v) is 14.3. The van der Waals surface area contributed by atoms with Gasteiger partial charge in [-0.05, 0) is 42.3 Å². The van der Waals surface area contributed by atoms with Crippen LogP contribution in [0.4, 0.5) is 0 Å². The SMILES string of the molecule is O=C(C=C1CCNCc2[nH]c3c(c21)C(=O)CC=C3)NCc1ccncc1. The summed E-state index contributed by atoms with van der Waals surface area (Å²) in [5.74, 6) is -0.0524. The molecule has 0 saturated carbocycles. The van der Waals surface area contributed by atoms with E-state index >= 15 is 0 Å². The van der Waals surface area contributed by atoms with Crippen LogP contribution in [0.1, 0.15) is 45.7 Å². The molecule has 0 radical (unpaired) electrons. The molecule has 1 amide bonds. The Hall–Kier alpha value is -2.99. The molecule has 4 rings (SSSR count). The second-order valence-corrected chi connectivity index (χ2v) is 6.47. The monoisotopic (exact) mass is 348 g/mol. The average Bonchev–Trinajstić information content (AvgIpc) is 2.93. The molecule has 1 aliphatic carbocycles. The van der Waals surface area contributed by atoms with Crippen molar-refractivity contribution in [1.29, 1.82) is 0 Å². The van der Waals surface area contributed by atoms with Gasteiger partial charge in [0.25, 0.3) is 0 Å². The number of nitrogens with one attached hydrogen (secondary N) is 3. The highest BCUT2D eigenvalue weighted by Gasteiger charge is 2.27. The first-order chi connectivity index (χ1) is 12.7. The van der Waals surface area contributed by atoms with E-state index in [1.165, 1.54) is 0 Å². The lowest BCUT2D eigenvalue weighted by atomic mass is 9.92. The number of carbonyl (C=O) groups is 2. The van der Waals surface area contributed by atoms with E-state index in [0.717, 1.165) is 40.2 Å². The molecule has 0 spiro atoms. The Labute approximate surface area is 151 Å². The quantitative estimate of drug-likeness (QED) is 0.742. The molecule has 0 aromatic carbocycles. The van der Waals surface area contributed by atoms with Crippen LogP contribution in [-0.2, 0) is 17.9 Å². The number of amides is 1. The fraction of sp³-hybridized carbons (Fsp3) is 0.250. The minimum absolute atomic E-state index is 0.102. The smallest absolute Gasteiger partial charge is 0.244 e. The first-order valence-corrected chi connectivity index (χ1v) is 8.75. The van der Waals surface area contributed by atoms with Crippen LogP contribution in [0.15, 0.2) is 36.7 Å². The molecule has 2 aromatic rings. The van der Waals surface area contributed by atoms with Gasteiger partial charge in [-0.1, -0.05) is 6.08 Å². The van der Waals surface area contributed by atoms with Crippen molar-refractivity contribution in [3.63, 3.8) is 0 Å². The van der Waals surface area contributed by atoms with Crippen LogP contribution in [0.2, 0.25) is 0 Å². The lowest BCUT2D eigenvalue weighted by Gasteiger charge is -2.10. The van der Waals surface area contributed by atoms with E-state index in [-0.39, 0.29) is 11.7 Å². The number of H-pyrrole nitrogens is 1. The summed E-state index contributed by atoms with van der Waals surface area (Å²) in [5.41, 5.74) is 5.34. The molecule has 0 atom stereocenters. The molecule has 3 N–H and O–H groups in total. The van der Waals surface area contributed by atoms with Crippen molar-refractivity contribution in [2.24, 2.45) is 0 Å². The Balaban J connectivity index is 1.62. The molecule has 0 fully saturated rings. The van der Waals surface area contributed by atoms with E-state index < -0.39 is 0 Å². The standard InChI is InChI=1S/C20H20N4O2/c25-17-3-1-2-15-20(17)19-14(6-9-22-12-16(19)24-15)10-18(26)23-11-13-4-7-21-8-5-13/h1-2,4-5,7-8,10,22,24H,3,6,9,11-12H2,(H,23,26). The van der Waals surface area contributed by atoms with Gasteiger partial charge in [-0.3, -0.25) is 14.6 Å². The molecule has 132 valence electrons. The van der Waals surface area contributed by atoms with Crippen LogP contribution >= 0.6 is 0 Å². The highest BCUT2D eigenvalue weighted by molar-refractivity contribution is 6.08. The van der Waals surface area contributed by atoms with E-state index in [9.17, 15) is 9.59 Å². The molecule has 6 heteroatoms. The molecule has 1 aliphatic heterocycles. The van der Waals surface area contributed by atoms with Crippen molar-refractivity contribution in [3.05, 3.63) is 64.8 Å². The summed E-state index contributed by atoms with van der Waals surface area (Å²) < 4.78 is 0. The topological polar surface area (TPSA) is 86.9 Å². The minimum Gasteiger partial charge on any atom is -0.357 e. The second kappa shape index (κ2) is 7.09. The number of pyridine rings is 1. The van der Waals surface area contributed by atoms with Gasteiger partial charge in [0, 0.05) is 54.9 Å². The fourth-order valence-corrected chi connectivity index (χ4v) is 3.47. The number of ketones is 1. The van der Waals surface area contributed by atoms with Crippen LogP contribution in [0.25, 0.3) is 11.6 Å². The summed E-state index contributed by atoms with van der Waals surface area (Å²) in [6.07, 6.45) is 9.98. The molecule has 2 aliphatic rings. The zero-order chi connectivity index (χ0) is 17.9. The van der Waals surface area contributed by atoms with Crippen LogP contribution in [0.5, 0.6) is 0 Å². The van der Waals surface area contributed by atoms with Gasteiger partial charge in [-0.15, -0.1) is 0 Å². The van der Waals surface area contributed by atoms with Gasteiger partial charge in [-0.25, -0.2) is 0 Å². The van der Waals surface area contributed by atoms with Gasteiger partial charge in [0.05, 0.1) is 5.56 Å². The van der Waals surface area contributed by atoms with Crippen molar-refractivity contribution < 1.29 is 9.59 Å². The molecule has 3 heterocycles. The van der Waals surface area contributed by atoms with Crippen LogP contribution in [0, 0.1) is 0 Å². The summed E-state index contributed by atoms with van der Waals surface area (Å²) in [7, 11) is 0. The number of nitrogens with zero attached hydrogens (tertiary/aromatic N) is 1. The van der Waals surface area contributed by atoms with Crippen molar-refractivity contribution in [2.75, 3.05) is 6.54 Å². The van der Waals surface area contributed by atoms with Gasteiger partial charge in [-0.2, -0.15) is 0 Å². The van der Waals surface area contributed by atoms with E-state index in [1.54, 1.807) is 18.5 Å². The van der Waals surface area contributed by atoms with Gasteiger partial charge < -0.3 is 15.6 Å². The van der Waals surface area contributed by atoms with E-state index in [2.05, 4.69) is 20.6 Å². The first kappa shape index (κ1) is 16.5. The minimum atomic E-state index is -0.154. The molecule has 2 aromatic heterocycles. The third-order valence-corrected chi connectivity index (χ3v) is 4.69. The number of hydrogen-bond acceptors (Lipinski definition) is 4. The fourth-order valence-electron chi connectivity index (χ4n) is 3.47. The summed E-state index contributed by atoms with van der Waals surface area (Å²) in [4.78, 5) is 32.2. The summed E-state index contributed by atoms with van der Waals surface area (Å²) in [6, 6.07) is 3.74. The van der Waals surface area contributed by atoms with Crippen LogP contribution in [0.3, 0.4) is 0 Å². The average molecular weight is 348 g/mol. The van der Waals surface area contributed by atoms with Crippen molar-refractivity contribution in [1.82, 2.24) is 20.6 Å². The lowest BCUT2D eigenvalue weighted by molar-refractivity contribution is -0.116. The van der Waals surface area contributed by atoms with Crippen molar-refractivity contribution >= 4 is 23.3 Å². The maximum Gasteiger partial charge on any atom is 0.244 e. The molecule has 6 nitrogen and oxygen atoms in total. The second-order valence-electron chi connectivity index (χ2n) is 6.47. The predicted octanol–water partition coefficient (Wildman–Crippen LogP) is 2.20. The van der Waals surface area contributed by atoms with E-state index in [1.807, 2.05) is 24.3 Å². The lowest BCUT2D eigenvalue weighted by Crippen LogP contribution is -2.21. The van der Waals surface area contributed by atoms with E-state index in [4.69, 9.17) is 0 Å². The van der Waals surface area contributed by atoms with E-state index in [0.29, 0.717) is 25.9 Å². The van der Waals surface area contributed by atoms with Crippen LogP contribution in [-0.4, -0.2) is 28.2 Å². The van der Waals surface area contributed by atoms with Crippen molar-refractivity contribution in [3.8, 4) is 0 Å². The number of allylic oxidation sites excluding steroid dienone is 1. The van der Waals surface area contributed by atoms with Gasteiger partial charge >= 0.3 is 0 Å². The number of fused-ring (bicyclic) bond motifs is 3. The summed E-state index contributed by atoms with van der Waals surface area (Å²) in [6.45, 7) is 1.88. The van der Waals surface area contributed by atoms with Gasteiger partial charge in [0.15, 0.2) is 5.78 Å². The Bertz CT molecular complexity index is 909. The molecule has 26 heavy (non-hydrogen) atoms. The number of rotatable bonds is 3.